The van der Waals surface area contributed by atoms with Crippen molar-refractivity contribution in [2.24, 2.45) is 0 Å². The first kappa shape index (κ1) is 7.34. The van der Waals surface area contributed by atoms with Gasteiger partial charge in [0.05, 0.1) is 0 Å². The van der Waals surface area contributed by atoms with Crippen molar-refractivity contribution in [3.05, 3.63) is 0 Å². The van der Waals surface area contributed by atoms with Gasteiger partial charge in [0, 0.05) is 6.04 Å². The zero-order chi connectivity index (χ0) is 7.56. The molecule has 10 heavy (non-hydrogen) atoms. The molecule has 4 nitrogen and oxygen atoms in total. The third-order valence-electron chi connectivity index (χ3n) is 1.91. The summed E-state index contributed by atoms with van der Waals surface area (Å²) in [5, 5.41) is 17.1. The first-order valence-corrected chi connectivity index (χ1v) is 3.36. The molecule has 58 valence electrons. The number of rotatable bonds is 2. The highest BCUT2D eigenvalue weighted by Gasteiger charge is 2.27. The summed E-state index contributed by atoms with van der Waals surface area (Å²) >= 11 is 0. The number of hydrogen-bond donors (Lipinski definition) is 2. The fraction of sp³-hybridized carbons (Fsp3) is 0.833. The van der Waals surface area contributed by atoms with Crippen LogP contribution in [0.3, 0.4) is 0 Å². The van der Waals surface area contributed by atoms with E-state index in [0.29, 0.717) is 0 Å². The second kappa shape index (κ2) is 2.88. The second-order valence-electron chi connectivity index (χ2n) is 2.48. The first-order chi connectivity index (χ1) is 4.75. The summed E-state index contributed by atoms with van der Waals surface area (Å²) in [7, 11) is 0. The Labute approximate surface area is 59.1 Å². The lowest BCUT2D eigenvalue weighted by Crippen LogP contribution is -2.43. The van der Waals surface area contributed by atoms with Crippen LogP contribution < -0.4 is 0 Å². The number of amides is 1. The fourth-order valence-electron chi connectivity index (χ4n) is 1.03. The summed E-state index contributed by atoms with van der Waals surface area (Å²) in [6.45, 7) is -0.375. The van der Waals surface area contributed by atoms with E-state index in [9.17, 15) is 4.79 Å². The Bertz CT molecular complexity index is 133. The van der Waals surface area contributed by atoms with Crippen LogP contribution in [0.15, 0.2) is 0 Å². The van der Waals surface area contributed by atoms with Crippen LogP contribution in [0.2, 0.25) is 0 Å². The Hall–Kier alpha value is -0.770. The molecule has 0 unspecified atom stereocenters. The monoisotopic (exact) mass is 145 g/mol. The SMILES string of the molecule is O=C(O)N(CO)C1CCC1. The number of nitrogens with zero attached hydrogens (tertiary/aromatic N) is 1. The van der Waals surface area contributed by atoms with Gasteiger partial charge < -0.3 is 10.2 Å². The van der Waals surface area contributed by atoms with E-state index in [0.717, 1.165) is 24.2 Å². The molecule has 1 fully saturated rings. The molecule has 1 rings (SSSR count). The summed E-state index contributed by atoms with van der Waals surface area (Å²) in [6, 6.07) is 0.0718. The van der Waals surface area contributed by atoms with E-state index in [2.05, 4.69) is 0 Å². The predicted molar refractivity (Wildman–Crippen MR) is 34.6 cm³/mol. The van der Waals surface area contributed by atoms with Crippen molar-refractivity contribution in [3.63, 3.8) is 0 Å². The van der Waals surface area contributed by atoms with Crippen molar-refractivity contribution in [1.29, 1.82) is 0 Å². The van der Waals surface area contributed by atoms with E-state index in [1.807, 2.05) is 0 Å². The molecule has 1 saturated carbocycles. The molecule has 0 radical (unpaired) electrons. The molecule has 1 amide bonds. The smallest absolute Gasteiger partial charge is 0.409 e. The van der Waals surface area contributed by atoms with Crippen LogP contribution in [-0.4, -0.2) is 34.0 Å². The van der Waals surface area contributed by atoms with Crippen molar-refractivity contribution < 1.29 is 15.0 Å². The second-order valence-corrected chi connectivity index (χ2v) is 2.48. The van der Waals surface area contributed by atoms with E-state index >= 15 is 0 Å². The molecule has 0 aromatic rings. The molecule has 1 aliphatic carbocycles. The van der Waals surface area contributed by atoms with Gasteiger partial charge in [0.1, 0.15) is 6.73 Å². The molecule has 0 heterocycles. The van der Waals surface area contributed by atoms with Crippen molar-refractivity contribution in [2.45, 2.75) is 25.3 Å². The van der Waals surface area contributed by atoms with E-state index in [-0.39, 0.29) is 12.8 Å². The molecular weight excluding hydrogens is 134 g/mol. The first-order valence-electron chi connectivity index (χ1n) is 3.36. The number of carbonyl (C=O) groups is 1. The minimum Gasteiger partial charge on any atom is -0.465 e. The average molecular weight is 145 g/mol. The minimum absolute atomic E-state index is 0.0718. The van der Waals surface area contributed by atoms with Gasteiger partial charge in [-0.05, 0) is 19.3 Å². The summed E-state index contributed by atoms with van der Waals surface area (Å²) in [5.41, 5.74) is 0. The van der Waals surface area contributed by atoms with Crippen molar-refractivity contribution in [3.8, 4) is 0 Å². The van der Waals surface area contributed by atoms with Crippen molar-refractivity contribution in [1.82, 2.24) is 4.90 Å². The Morgan fingerprint density at radius 2 is 2.20 bits per heavy atom. The lowest BCUT2D eigenvalue weighted by Gasteiger charge is -2.33. The molecule has 0 atom stereocenters. The normalized spacial score (nSPS) is 18.1. The Morgan fingerprint density at radius 3 is 2.30 bits per heavy atom. The van der Waals surface area contributed by atoms with Gasteiger partial charge in [0.25, 0.3) is 0 Å². The summed E-state index contributed by atoms with van der Waals surface area (Å²) in [5.74, 6) is 0. The van der Waals surface area contributed by atoms with Gasteiger partial charge in [-0.2, -0.15) is 0 Å². The van der Waals surface area contributed by atoms with Crippen LogP contribution in [-0.2, 0) is 0 Å². The Kier molecular flexibility index (Phi) is 2.11. The standard InChI is InChI=1S/C6H11NO3/c8-4-7(6(9)10)5-2-1-3-5/h5,8H,1-4H2,(H,9,10). The van der Waals surface area contributed by atoms with Crippen molar-refractivity contribution >= 4 is 6.09 Å². The van der Waals surface area contributed by atoms with E-state index < -0.39 is 6.09 Å². The lowest BCUT2D eigenvalue weighted by atomic mass is 9.92. The summed E-state index contributed by atoms with van der Waals surface area (Å²) in [6.07, 6.45) is 1.85. The van der Waals surface area contributed by atoms with Gasteiger partial charge in [-0.3, -0.25) is 4.90 Å². The van der Waals surface area contributed by atoms with E-state index in [1.165, 1.54) is 0 Å². The van der Waals surface area contributed by atoms with E-state index in [1.54, 1.807) is 0 Å². The van der Waals surface area contributed by atoms with Gasteiger partial charge in [0.15, 0.2) is 0 Å². The number of hydrogen-bond acceptors (Lipinski definition) is 2. The average Bonchev–Trinajstić information content (AvgIpc) is 1.76. The van der Waals surface area contributed by atoms with Crippen LogP contribution >= 0.6 is 0 Å². The fourth-order valence-corrected chi connectivity index (χ4v) is 1.03. The summed E-state index contributed by atoms with van der Waals surface area (Å²) < 4.78 is 0. The molecular formula is C6H11NO3. The molecule has 2 N–H and O–H groups in total. The van der Waals surface area contributed by atoms with Crippen LogP contribution in [0.4, 0.5) is 4.79 Å². The number of carboxylic acid groups (broad SMARTS) is 1. The van der Waals surface area contributed by atoms with Gasteiger partial charge in [-0.1, -0.05) is 0 Å². The quantitative estimate of drug-likeness (QED) is 0.555. The molecule has 0 aliphatic heterocycles. The Morgan fingerprint density at radius 1 is 1.60 bits per heavy atom. The third kappa shape index (κ3) is 1.21. The molecule has 4 heteroatoms. The zero-order valence-corrected chi connectivity index (χ0v) is 5.66. The van der Waals surface area contributed by atoms with Crippen LogP contribution in [0.5, 0.6) is 0 Å². The topological polar surface area (TPSA) is 60.8 Å². The molecule has 0 spiro atoms. The molecule has 0 bridgehead atoms. The lowest BCUT2D eigenvalue weighted by molar-refractivity contribution is 0.0382. The highest BCUT2D eigenvalue weighted by molar-refractivity contribution is 5.65. The third-order valence-corrected chi connectivity index (χ3v) is 1.91. The Balaban J connectivity index is 2.39. The summed E-state index contributed by atoms with van der Waals surface area (Å²) in [4.78, 5) is 11.4. The molecule has 0 aromatic heterocycles. The maximum absolute atomic E-state index is 10.3. The largest absolute Gasteiger partial charge is 0.465 e. The van der Waals surface area contributed by atoms with Gasteiger partial charge in [-0.15, -0.1) is 0 Å². The van der Waals surface area contributed by atoms with Gasteiger partial charge >= 0.3 is 6.09 Å². The minimum atomic E-state index is -1.02. The van der Waals surface area contributed by atoms with E-state index in [4.69, 9.17) is 10.2 Å². The predicted octanol–water partition coefficient (Wildman–Crippen LogP) is 0.469. The molecule has 1 aliphatic rings. The highest BCUT2D eigenvalue weighted by Crippen LogP contribution is 2.23. The van der Waals surface area contributed by atoms with Crippen LogP contribution in [0.1, 0.15) is 19.3 Å². The van der Waals surface area contributed by atoms with Gasteiger partial charge in [-0.25, -0.2) is 4.79 Å². The number of aliphatic hydroxyl groups excluding tert-OH is 1. The maximum Gasteiger partial charge on any atom is 0.409 e. The molecule has 0 aromatic carbocycles. The maximum atomic E-state index is 10.3. The van der Waals surface area contributed by atoms with Crippen LogP contribution in [0, 0.1) is 0 Å². The molecule has 0 saturated heterocycles. The number of aliphatic hydroxyl groups is 1. The highest BCUT2D eigenvalue weighted by atomic mass is 16.4. The van der Waals surface area contributed by atoms with Crippen molar-refractivity contribution in [2.75, 3.05) is 6.73 Å². The zero-order valence-electron chi connectivity index (χ0n) is 5.66. The van der Waals surface area contributed by atoms with Crippen LogP contribution in [0.25, 0.3) is 0 Å². The van der Waals surface area contributed by atoms with Gasteiger partial charge in [0.2, 0.25) is 0 Å².